The molecule has 166 valence electrons. The topological polar surface area (TPSA) is 96.9 Å². The maximum atomic E-state index is 13.5. The van der Waals surface area contributed by atoms with Crippen molar-refractivity contribution in [1.82, 2.24) is 4.72 Å². The van der Waals surface area contributed by atoms with E-state index in [2.05, 4.69) is 15.2 Å². The second-order valence-corrected chi connectivity index (χ2v) is 10.0. The van der Waals surface area contributed by atoms with E-state index in [4.69, 9.17) is 4.84 Å². The van der Waals surface area contributed by atoms with Gasteiger partial charge in [0.25, 0.3) is 5.91 Å². The molecule has 0 radical (unpaired) electrons. The average Bonchev–Trinajstić information content (AvgIpc) is 3.10. The maximum Gasteiger partial charge on any atom is 0.271 e. The van der Waals surface area contributed by atoms with E-state index < -0.39 is 27.3 Å². The van der Waals surface area contributed by atoms with Crippen LogP contribution in [0.2, 0.25) is 0 Å². The van der Waals surface area contributed by atoms with Crippen molar-refractivity contribution in [1.29, 1.82) is 0 Å². The Bertz CT molecular complexity index is 1100. The Morgan fingerprint density at radius 3 is 2.68 bits per heavy atom. The van der Waals surface area contributed by atoms with E-state index in [1.165, 1.54) is 12.1 Å². The molecule has 1 heterocycles. The minimum Gasteiger partial charge on any atom is -0.379 e. The zero-order valence-corrected chi connectivity index (χ0v) is 18.5. The molecule has 0 bridgehead atoms. The average molecular weight is 448 g/mol. The zero-order valence-electron chi connectivity index (χ0n) is 17.7. The van der Waals surface area contributed by atoms with Gasteiger partial charge in [-0.15, -0.1) is 0 Å². The molecule has 1 aliphatic rings. The number of anilines is 1. The summed E-state index contributed by atoms with van der Waals surface area (Å²) < 4.78 is 40.5. The van der Waals surface area contributed by atoms with Crippen LogP contribution < -0.4 is 10.0 Å². The molecule has 0 saturated carbocycles. The van der Waals surface area contributed by atoms with Gasteiger partial charge in [-0.1, -0.05) is 43.3 Å². The molecule has 2 aromatic rings. The summed E-state index contributed by atoms with van der Waals surface area (Å²) in [5, 5.41) is 6.72. The van der Waals surface area contributed by atoms with Crippen molar-refractivity contribution in [3.63, 3.8) is 0 Å². The summed E-state index contributed by atoms with van der Waals surface area (Å²) in [6.45, 7) is 5.81. The van der Waals surface area contributed by atoms with Crippen LogP contribution in [0.4, 0.5) is 10.1 Å². The second-order valence-electron chi connectivity index (χ2n) is 8.20. The van der Waals surface area contributed by atoms with E-state index in [1.807, 2.05) is 13.8 Å². The number of amides is 1. The van der Waals surface area contributed by atoms with Crippen LogP contribution in [0.5, 0.6) is 0 Å². The SMILES string of the molecule is CC(C)CNS(=O)(=O)Cc1cccc(NC(=O)C2(C)CC(c3cccc(F)c3)=NO2)c1. The predicted octanol–water partition coefficient (Wildman–Crippen LogP) is 3.42. The van der Waals surface area contributed by atoms with Crippen molar-refractivity contribution >= 4 is 27.3 Å². The van der Waals surface area contributed by atoms with E-state index in [1.54, 1.807) is 43.3 Å². The number of carbonyl (C=O) groups is 1. The van der Waals surface area contributed by atoms with Crippen LogP contribution in [-0.4, -0.2) is 32.2 Å². The number of benzene rings is 2. The fourth-order valence-electron chi connectivity index (χ4n) is 3.05. The quantitative estimate of drug-likeness (QED) is 0.648. The Morgan fingerprint density at radius 1 is 1.23 bits per heavy atom. The number of hydrogen-bond donors (Lipinski definition) is 2. The van der Waals surface area contributed by atoms with Crippen LogP contribution in [0.1, 0.15) is 38.3 Å². The molecule has 31 heavy (non-hydrogen) atoms. The van der Waals surface area contributed by atoms with Gasteiger partial charge in [-0.05, 0) is 42.7 Å². The summed E-state index contributed by atoms with van der Waals surface area (Å²) in [6.07, 6.45) is 0.176. The molecule has 1 aliphatic heterocycles. The van der Waals surface area contributed by atoms with Crippen molar-refractivity contribution in [2.45, 2.75) is 38.5 Å². The van der Waals surface area contributed by atoms with E-state index in [0.717, 1.165) is 0 Å². The first-order valence-electron chi connectivity index (χ1n) is 9.95. The van der Waals surface area contributed by atoms with E-state index in [-0.39, 0.29) is 18.1 Å². The number of nitrogens with zero attached hydrogens (tertiary/aromatic N) is 1. The second kappa shape index (κ2) is 9.15. The molecular formula is C22H26FN3O4S. The van der Waals surface area contributed by atoms with Crippen LogP contribution in [0, 0.1) is 11.7 Å². The molecule has 2 N–H and O–H groups in total. The lowest BCUT2D eigenvalue weighted by atomic mass is 9.95. The van der Waals surface area contributed by atoms with Gasteiger partial charge in [-0.2, -0.15) is 0 Å². The first-order valence-corrected chi connectivity index (χ1v) is 11.6. The van der Waals surface area contributed by atoms with E-state index in [9.17, 15) is 17.6 Å². The summed E-state index contributed by atoms with van der Waals surface area (Å²) in [6, 6.07) is 12.6. The first-order chi connectivity index (χ1) is 14.6. The van der Waals surface area contributed by atoms with Crippen molar-refractivity contribution < 1.29 is 22.4 Å². The summed E-state index contributed by atoms with van der Waals surface area (Å²) in [5.41, 5.74) is 0.766. The molecule has 0 saturated heterocycles. The molecule has 1 amide bonds. The number of carbonyl (C=O) groups excluding carboxylic acids is 1. The van der Waals surface area contributed by atoms with Crippen molar-refractivity contribution in [3.05, 3.63) is 65.5 Å². The molecule has 0 fully saturated rings. The molecule has 0 aliphatic carbocycles. The summed E-state index contributed by atoms with van der Waals surface area (Å²) in [5.74, 6) is -0.815. The van der Waals surface area contributed by atoms with Crippen molar-refractivity contribution in [2.75, 3.05) is 11.9 Å². The van der Waals surface area contributed by atoms with Crippen LogP contribution >= 0.6 is 0 Å². The molecule has 0 spiro atoms. The molecule has 2 aromatic carbocycles. The normalized spacial score (nSPS) is 18.5. The minimum absolute atomic E-state index is 0.176. The lowest BCUT2D eigenvalue weighted by molar-refractivity contribution is -0.135. The smallest absolute Gasteiger partial charge is 0.271 e. The van der Waals surface area contributed by atoms with E-state index >= 15 is 0 Å². The summed E-state index contributed by atoms with van der Waals surface area (Å²) >= 11 is 0. The Kier molecular flexibility index (Phi) is 6.76. The highest BCUT2D eigenvalue weighted by Gasteiger charge is 2.42. The van der Waals surface area contributed by atoms with Gasteiger partial charge < -0.3 is 10.2 Å². The fourth-order valence-corrected chi connectivity index (χ4v) is 4.36. The van der Waals surface area contributed by atoms with Gasteiger partial charge in [-0.3, -0.25) is 4.79 Å². The van der Waals surface area contributed by atoms with Gasteiger partial charge in [0, 0.05) is 24.2 Å². The Labute approximate surface area is 181 Å². The molecular weight excluding hydrogens is 421 g/mol. The number of rotatable bonds is 8. The third-order valence-corrected chi connectivity index (χ3v) is 6.07. The monoisotopic (exact) mass is 447 g/mol. The number of hydrogen-bond acceptors (Lipinski definition) is 5. The zero-order chi connectivity index (χ0) is 22.6. The standard InChI is InChI=1S/C22H26FN3O4S/c1-15(2)13-24-31(28,29)14-16-6-4-9-19(10-16)25-21(27)22(3)12-20(26-30-22)17-7-5-8-18(23)11-17/h4-11,15,24H,12-14H2,1-3H3,(H,25,27). The third-order valence-electron chi connectivity index (χ3n) is 4.75. The highest BCUT2D eigenvalue weighted by atomic mass is 32.2. The molecule has 0 aromatic heterocycles. The molecule has 3 rings (SSSR count). The van der Waals surface area contributed by atoms with Gasteiger partial charge in [0.2, 0.25) is 15.6 Å². The van der Waals surface area contributed by atoms with Crippen molar-refractivity contribution in [3.8, 4) is 0 Å². The van der Waals surface area contributed by atoms with Gasteiger partial charge >= 0.3 is 0 Å². The number of oxime groups is 1. The van der Waals surface area contributed by atoms with Gasteiger partial charge in [0.15, 0.2) is 0 Å². The lowest BCUT2D eigenvalue weighted by Gasteiger charge is -2.20. The van der Waals surface area contributed by atoms with E-state index in [0.29, 0.717) is 29.1 Å². The Morgan fingerprint density at radius 2 is 1.97 bits per heavy atom. The minimum atomic E-state index is -3.48. The maximum absolute atomic E-state index is 13.5. The molecule has 9 heteroatoms. The van der Waals surface area contributed by atoms with Gasteiger partial charge in [-0.25, -0.2) is 17.5 Å². The first kappa shape index (κ1) is 22.9. The van der Waals surface area contributed by atoms with Crippen LogP contribution in [0.25, 0.3) is 0 Å². The third kappa shape index (κ3) is 6.11. The van der Waals surface area contributed by atoms with Crippen molar-refractivity contribution in [2.24, 2.45) is 11.1 Å². The predicted molar refractivity (Wildman–Crippen MR) is 118 cm³/mol. The highest BCUT2D eigenvalue weighted by Crippen LogP contribution is 2.28. The van der Waals surface area contributed by atoms with Gasteiger partial charge in [0.1, 0.15) is 5.82 Å². The lowest BCUT2D eigenvalue weighted by Crippen LogP contribution is -2.40. The number of halogens is 1. The Hall–Kier alpha value is -2.78. The largest absolute Gasteiger partial charge is 0.379 e. The number of nitrogens with one attached hydrogen (secondary N) is 2. The number of sulfonamides is 1. The van der Waals surface area contributed by atoms with Crippen LogP contribution in [0.15, 0.2) is 53.7 Å². The fraction of sp³-hybridized carbons (Fsp3) is 0.364. The highest BCUT2D eigenvalue weighted by molar-refractivity contribution is 7.88. The van der Waals surface area contributed by atoms with Crippen LogP contribution in [0.3, 0.4) is 0 Å². The van der Waals surface area contributed by atoms with Crippen LogP contribution in [-0.2, 0) is 25.4 Å². The summed E-state index contributed by atoms with van der Waals surface area (Å²) in [7, 11) is -3.48. The molecule has 7 nitrogen and oxygen atoms in total. The Balaban J connectivity index is 1.65. The summed E-state index contributed by atoms with van der Waals surface area (Å²) in [4.78, 5) is 18.2. The molecule has 1 atom stereocenters. The van der Waals surface area contributed by atoms with Gasteiger partial charge in [0.05, 0.1) is 11.5 Å². The molecule has 1 unspecified atom stereocenters.